The molecule has 3 rings (SSSR count). The maximum Gasteiger partial charge on any atom is 0.310 e. The first-order valence-electron chi connectivity index (χ1n) is 9.73. The minimum absolute atomic E-state index is 0.0395. The summed E-state index contributed by atoms with van der Waals surface area (Å²) in [6.07, 6.45) is 2.39. The van der Waals surface area contributed by atoms with Gasteiger partial charge in [0.1, 0.15) is 0 Å². The summed E-state index contributed by atoms with van der Waals surface area (Å²) in [6.45, 7) is 5.34. The van der Waals surface area contributed by atoms with Gasteiger partial charge in [-0.2, -0.15) is 0 Å². The lowest BCUT2D eigenvalue weighted by Gasteiger charge is -2.31. The van der Waals surface area contributed by atoms with Gasteiger partial charge in [0.15, 0.2) is 5.16 Å². The maximum absolute atomic E-state index is 12.6. The second kappa shape index (κ2) is 9.78. The van der Waals surface area contributed by atoms with E-state index >= 15 is 0 Å². The molecule has 0 saturated carbocycles. The lowest BCUT2D eigenvalue weighted by molar-refractivity contribution is -0.151. The van der Waals surface area contributed by atoms with Crippen LogP contribution >= 0.6 is 11.8 Å². The van der Waals surface area contributed by atoms with Crippen molar-refractivity contribution < 1.29 is 14.3 Å². The molecule has 1 unspecified atom stereocenters. The predicted molar refractivity (Wildman–Crippen MR) is 109 cm³/mol. The first-order chi connectivity index (χ1) is 13.6. The van der Waals surface area contributed by atoms with E-state index in [0.717, 1.165) is 35.8 Å². The molecule has 1 saturated heterocycles. The van der Waals surface area contributed by atoms with E-state index in [9.17, 15) is 9.59 Å². The van der Waals surface area contributed by atoms with Crippen LogP contribution in [0.15, 0.2) is 35.5 Å². The summed E-state index contributed by atoms with van der Waals surface area (Å²) in [6, 6.07) is 10.2. The number of carbonyl (C=O) groups is 2. The van der Waals surface area contributed by atoms with Crippen LogP contribution in [0.25, 0.3) is 0 Å². The minimum Gasteiger partial charge on any atom is -0.466 e. The molecule has 0 bridgehead atoms. The molecule has 1 amide bonds. The van der Waals surface area contributed by atoms with Crippen molar-refractivity contribution in [2.24, 2.45) is 5.92 Å². The lowest BCUT2D eigenvalue weighted by Crippen LogP contribution is -2.43. The fraction of sp³-hybridized carbons (Fsp3) is 0.476. The number of rotatable bonds is 7. The van der Waals surface area contributed by atoms with Crippen LogP contribution in [0.4, 0.5) is 0 Å². The van der Waals surface area contributed by atoms with Crippen LogP contribution < -0.4 is 0 Å². The number of imidazole rings is 1. The van der Waals surface area contributed by atoms with E-state index in [0.29, 0.717) is 25.4 Å². The Balaban J connectivity index is 1.53. The number of hydrogen-bond donors (Lipinski definition) is 1. The smallest absolute Gasteiger partial charge is 0.310 e. The van der Waals surface area contributed by atoms with E-state index in [1.54, 1.807) is 11.8 Å². The number of hydrogen-bond acceptors (Lipinski definition) is 5. The third-order valence-corrected chi connectivity index (χ3v) is 5.76. The largest absolute Gasteiger partial charge is 0.466 e. The number of H-pyrrole nitrogens is 1. The maximum atomic E-state index is 12.6. The molecule has 1 aromatic heterocycles. The van der Waals surface area contributed by atoms with Crippen molar-refractivity contribution in [2.75, 3.05) is 25.4 Å². The van der Waals surface area contributed by atoms with E-state index in [1.807, 2.05) is 25.1 Å². The summed E-state index contributed by atoms with van der Waals surface area (Å²) in [5.74, 6) is -0.0451. The number of thioether (sulfide) groups is 1. The van der Waals surface area contributed by atoms with Crippen LogP contribution in [-0.4, -0.2) is 52.2 Å². The molecule has 0 aliphatic carbocycles. The Kier molecular flexibility index (Phi) is 7.14. The van der Waals surface area contributed by atoms with Crippen molar-refractivity contribution in [2.45, 2.75) is 38.3 Å². The van der Waals surface area contributed by atoms with Crippen LogP contribution in [0.3, 0.4) is 0 Å². The number of nitrogens with zero attached hydrogens (tertiary/aromatic N) is 2. The molecule has 2 aromatic rings. The van der Waals surface area contributed by atoms with Gasteiger partial charge in [0.25, 0.3) is 0 Å². The molecule has 1 N–H and O–H groups in total. The number of ether oxygens (including phenoxy) is 1. The third kappa shape index (κ3) is 5.38. The summed E-state index contributed by atoms with van der Waals surface area (Å²) in [5, 5.41) is 0.760. The third-order valence-electron chi connectivity index (χ3n) is 4.90. The van der Waals surface area contributed by atoms with Gasteiger partial charge in [0, 0.05) is 25.2 Å². The second-order valence-electron chi connectivity index (χ2n) is 7.00. The van der Waals surface area contributed by atoms with Gasteiger partial charge >= 0.3 is 5.97 Å². The molecule has 1 aliphatic rings. The van der Waals surface area contributed by atoms with E-state index in [1.165, 1.54) is 17.3 Å². The van der Waals surface area contributed by atoms with Crippen LogP contribution in [-0.2, 0) is 20.7 Å². The number of aryl methyl sites for hydroxylation is 1. The van der Waals surface area contributed by atoms with Crippen LogP contribution in [0.1, 0.15) is 36.7 Å². The molecule has 150 valence electrons. The van der Waals surface area contributed by atoms with Gasteiger partial charge in [0.05, 0.1) is 24.0 Å². The van der Waals surface area contributed by atoms with Crippen molar-refractivity contribution in [1.82, 2.24) is 14.9 Å². The highest BCUT2D eigenvalue weighted by Gasteiger charge is 2.29. The fourth-order valence-electron chi connectivity index (χ4n) is 3.37. The summed E-state index contributed by atoms with van der Waals surface area (Å²) in [5.41, 5.74) is 3.24. The standard InChI is InChI=1S/C21H27N3O3S/c1-3-27-20(26)17-10-7-11-24(13-17)19(25)14-28-21-22-15(2)18(23-21)12-16-8-5-4-6-9-16/h4-6,8-9,17H,3,7,10-14H2,1-2H3,(H,22,23). The van der Waals surface area contributed by atoms with Gasteiger partial charge in [0.2, 0.25) is 5.91 Å². The number of esters is 1. The van der Waals surface area contributed by atoms with Crippen LogP contribution in [0.5, 0.6) is 0 Å². The van der Waals surface area contributed by atoms with Crippen molar-refractivity contribution in [1.29, 1.82) is 0 Å². The van der Waals surface area contributed by atoms with E-state index < -0.39 is 0 Å². The number of nitrogens with one attached hydrogen (secondary N) is 1. The summed E-state index contributed by atoms with van der Waals surface area (Å²) < 4.78 is 5.11. The van der Waals surface area contributed by atoms with E-state index in [2.05, 4.69) is 22.1 Å². The zero-order valence-electron chi connectivity index (χ0n) is 16.4. The monoisotopic (exact) mass is 401 g/mol. The Morgan fingerprint density at radius 1 is 1.32 bits per heavy atom. The van der Waals surface area contributed by atoms with Crippen molar-refractivity contribution in [3.05, 3.63) is 47.3 Å². The zero-order chi connectivity index (χ0) is 19.9. The molecular formula is C21H27N3O3S. The van der Waals surface area contributed by atoms with Gasteiger partial charge in [-0.15, -0.1) is 0 Å². The lowest BCUT2D eigenvalue weighted by atomic mass is 9.98. The quantitative estimate of drug-likeness (QED) is 0.570. The average molecular weight is 402 g/mol. The van der Waals surface area contributed by atoms with Crippen LogP contribution in [0.2, 0.25) is 0 Å². The Morgan fingerprint density at radius 3 is 2.86 bits per heavy atom. The van der Waals surface area contributed by atoms with Crippen molar-refractivity contribution in [3.8, 4) is 0 Å². The number of amides is 1. The highest BCUT2D eigenvalue weighted by Crippen LogP contribution is 2.22. The molecule has 1 aromatic carbocycles. The Morgan fingerprint density at radius 2 is 2.11 bits per heavy atom. The van der Waals surface area contributed by atoms with Crippen molar-refractivity contribution >= 4 is 23.6 Å². The average Bonchev–Trinajstić information content (AvgIpc) is 3.06. The topological polar surface area (TPSA) is 75.3 Å². The number of benzene rings is 1. The molecule has 2 heterocycles. The number of piperidine rings is 1. The Labute approximate surface area is 170 Å². The van der Waals surface area contributed by atoms with E-state index in [-0.39, 0.29) is 17.8 Å². The van der Waals surface area contributed by atoms with E-state index in [4.69, 9.17) is 4.74 Å². The van der Waals surface area contributed by atoms with Gasteiger partial charge in [-0.3, -0.25) is 9.59 Å². The normalized spacial score (nSPS) is 16.8. The first kappa shape index (κ1) is 20.5. The minimum atomic E-state index is -0.203. The Bertz CT molecular complexity index is 806. The molecular weight excluding hydrogens is 374 g/mol. The highest BCUT2D eigenvalue weighted by molar-refractivity contribution is 7.99. The molecule has 7 heteroatoms. The molecule has 0 radical (unpaired) electrons. The Hall–Kier alpha value is -2.28. The summed E-state index contributed by atoms with van der Waals surface area (Å²) in [4.78, 5) is 34.2. The van der Waals surface area contributed by atoms with Crippen LogP contribution in [0, 0.1) is 12.8 Å². The molecule has 0 spiro atoms. The SMILES string of the molecule is CCOC(=O)C1CCCN(C(=O)CSc2nc(Cc3ccccc3)c(C)[nH]2)C1. The molecule has 28 heavy (non-hydrogen) atoms. The molecule has 1 fully saturated rings. The zero-order valence-corrected chi connectivity index (χ0v) is 17.3. The highest BCUT2D eigenvalue weighted by atomic mass is 32.2. The summed E-state index contributed by atoms with van der Waals surface area (Å²) in [7, 11) is 0. The van der Waals surface area contributed by atoms with Crippen molar-refractivity contribution in [3.63, 3.8) is 0 Å². The predicted octanol–water partition coefficient (Wildman–Crippen LogP) is 3.20. The molecule has 6 nitrogen and oxygen atoms in total. The molecule has 1 aliphatic heterocycles. The second-order valence-corrected chi connectivity index (χ2v) is 7.96. The number of aromatic nitrogens is 2. The van der Waals surface area contributed by atoms with Gasteiger partial charge in [-0.1, -0.05) is 42.1 Å². The van der Waals surface area contributed by atoms with Gasteiger partial charge in [-0.05, 0) is 32.3 Å². The number of likely N-dealkylation sites (tertiary alicyclic amines) is 1. The van der Waals surface area contributed by atoms with Gasteiger partial charge < -0.3 is 14.6 Å². The molecule has 1 atom stereocenters. The fourth-order valence-corrected chi connectivity index (χ4v) is 4.22. The summed E-state index contributed by atoms with van der Waals surface area (Å²) >= 11 is 1.41. The van der Waals surface area contributed by atoms with Gasteiger partial charge in [-0.25, -0.2) is 4.98 Å². The number of aromatic amines is 1. The first-order valence-corrected chi connectivity index (χ1v) is 10.7. The number of carbonyl (C=O) groups excluding carboxylic acids is 2.